The van der Waals surface area contributed by atoms with E-state index in [-0.39, 0.29) is 6.42 Å². The van der Waals surface area contributed by atoms with Crippen molar-refractivity contribution < 1.29 is 9.90 Å². The normalized spacial score (nSPS) is 13.9. The third-order valence-corrected chi connectivity index (χ3v) is 2.70. The van der Waals surface area contributed by atoms with E-state index in [0.717, 1.165) is 19.4 Å². The van der Waals surface area contributed by atoms with Crippen LogP contribution >= 0.6 is 23.2 Å². The number of hydrogen-bond donors (Lipinski definition) is 2. The van der Waals surface area contributed by atoms with Crippen molar-refractivity contribution in [1.29, 1.82) is 0 Å². The Morgan fingerprint density at radius 2 is 2.20 bits per heavy atom. The van der Waals surface area contributed by atoms with E-state index in [1.165, 1.54) is 5.54 Å². The summed E-state index contributed by atoms with van der Waals surface area (Å²) in [5.41, 5.74) is 1.34. The molecule has 0 amide bonds. The minimum atomic E-state index is -0.733. The fourth-order valence-electron chi connectivity index (χ4n) is 1.11. The van der Waals surface area contributed by atoms with Crippen LogP contribution in [0.25, 0.3) is 0 Å². The smallest absolute Gasteiger partial charge is 0.303 e. The average Bonchev–Trinajstić information content (AvgIpc) is 2.21. The molecule has 15 heavy (non-hydrogen) atoms. The van der Waals surface area contributed by atoms with Gasteiger partial charge in [0.05, 0.1) is 0 Å². The Balaban J connectivity index is 3.38. The Bertz CT molecular complexity index is 219. The fraction of sp³-hybridized carbons (Fsp3) is 0.700. The van der Waals surface area contributed by atoms with Gasteiger partial charge in [-0.05, 0) is 25.3 Å². The van der Waals surface area contributed by atoms with Crippen LogP contribution in [0.5, 0.6) is 0 Å². The molecule has 88 valence electrons. The predicted octanol–water partition coefficient (Wildman–Crippen LogP) is 2.79. The van der Waals surface area contributed by atoms with Crippen molar-refractivity contribution in [2.24, 2.45) is 5.92 Å². The molecule has 0 rings (SSSR count). The summed E-state index contributed by atoms with van der Waals surface area (Å²) in [5.74, 6) is -0.324. The van der Waals surface area contributed by atoms with E-state index in [1.807, 2.05) is 6.92 Å². The van der Waals surface area contributed by atoms with Crippen LogP contribution in [-0.2, 0) is 4.79 Å². The molecule has 0 heterocycles. The fourth-order valence-corrected chi connectivity index (χ4v) is 1.28. The van der Waals surface area contributed by atoms with Gasteiger partial charge in [-0.3, -0.25) is 4.79 Å². The standard InChI is InChI=1S/C10H17Cl2NO2/c1-8(2-3-10(14)15)4-5-13-7-9(12)6-11/h6,8,13H,2-5,7H2,1H3,(H,14,15). The summed E-state index contributed by atoms with van der Waals surface area (Å²) < 4.78 is 0. The van der Waals surface area contributed by atoms with Crippen LogP contribution in [0.1, 0.15) is 26.2 Å². The summed E-state index contributed by atoms with van der Waals surface area (Å²) >= 11 is 11.1. The Hall–Kier alpha value is -0.250. The van der Waals surface area contributed by atoms with E-state index in [0.29, 0.717) is 17.5 Å². The number of nitrogens with one attached hydrogen (secondary N) is 1. The molecule has 2 N–H and O–H groups in total. The molecule has 0 saturated carbocycles. The second-order valence-corrected chi connectivity index (χ2v) is 4.26. The van der Waals surface area contributed by atoms with Gasteiger partial charge in [-0.25, -0.2) is 0 Å². The molecule has 1 unspecified atom stereocenters. The summed E-state index contributed by atoms with van der Waals surface area (Å²) in [6.07, 6.45) is 1.90. The van der Waals surface area contributed by atoms with E-state index in [1.54, 1.807) is 0 Å². The lowest BCUT2D eigenvalue weighted by molar-refractivity contribution is -0.137. The largest absolute Gasteiger partial charge is 0.481 e. The van der Waals surface area contributed by atoms with Crippen LogP contribution in [0.3, 0.4) is 0 Å². The summed E-state index contributed by atoms with van der Waals surface area (Å²) in [7, 11) is 0. The van der Waals surface area contributed by atoms with Crippen molar-refractivity contribution in [1.82, 2.24) is 5.32 Å². The molecule has 0 aromatic heterocycles. The molecule has 5 heteroatoms. The maximum absolute atomic E-state index is 10.3. The Labute approximate surface area is 100 Å². The van der Waals surface area contributed by atoms with E-state index in [2.05, 4.69) is 5.32 Å². The Kier molecular flexibility index (Phi) is 8.86. The number of halogens is 2. The Morgan fingerprint density at radius 3 is 2.73 bits per heavy atom. The monoisotopic (exact) mass is 253 g/mol. The quantitative estimate of drug-likeness (QED) is 0.655. The van der Waals surface area contributed by atoms with Crippen LogP contribution in [0.2, 0.25) is 0 Å². The van der Waals surface area contributed by atoms with Gasteiger partial charge in [0.25, 0.3) is 0 Å². The van der Waals surface area contributed by atoms with E-state index in [9.17, 15) is 4.79 Å². The minimum absolute atomic E-state index is 0.240. The number of hydrogen-bond acceptors (Lipinski definition) is 2. The average molecular weight is 254 g/mol. The van der Waals surface area contributed by atoms with Crippen LogP contribution in [0.4, 0.5) is 0 Å². The van der Waals surface area contributed by atoms with Crippen molar-refractivity contribution >= 4 is 29.2 Å². The first kappa shape index (κ1) is 14.8. The molecule has 0 fully saturated rings. The van der Waals surface area contributed by atoms with E-state index in [4.69, 9.17) is 28.3 Å². The molecular weight excluding hydrogens is 237 g/mol. The minimum Gasteiger partial charge on any atom is -0.481 e. The van der Waals surface area contributed by atoms with Gasteiger partial charge >= 0.3 is 5.97 Å². The highest BCUT2D eigenvalue weighted by atomic mass is 35.5. The topological polar surface area (TPSA) is 49.3 Å². The molecule has 0 aliphatic rings. The molecule has 0 aliphatic carbocycles. The van der Waals surface area contributed by atoms with Gasteiger partial charge in [0.2, 0.25) is 0 Å². The zero-order chi connectivity index (χ0) is 11.7. The van der Waals surface area contributed by atoms with Crippen molar-refractivity contribution in [3.05, 3.63) is 10.6 Å². The van der Waals surface area contributed by atoms with Gasteiger partial charge in [-0.1, -0.05) is 30.1 Å². The highest BCUT2D eigenvalue weighted by Crippen LogP contribution is 2.09. The molecule has 0 saturated heterocycles. The maximum atomic E-state index is 10.3. The van der Waals surface area contributed by atoms with Crippen molar-refractivity contribution in [2.45, 2.75) is 26.2 Å². The second kappa shape index (κ2) is 9.01. The summed E-state index contributed by atoms with van der Waals surface area (Å²) in [5, 5.41) is 12.2. The molecule has 0 radical (unpaired) electrons. The van der Waals surface area contributed by atoms with E-state index >= 15 is 0 Å². The van der Waals surface area contributed by atoms with Gasteiger partial charge in [0, 0.05) is 23.5 Å². The summed E-state index contributed by atoms with van der Waals surface area (Å²) in [4.78, 5) is 10.3. The molecular formula is C10H17Cl2NO2. The molecule has 3 nitrogen and oxygen atoms in total. The molecule has 0 spiro atoms. The lowest BCUT2D eigenvalue weighted by Gasteiger charge is -2.10. The van der Waals surface area contributed by atoms with Gasteiger partial charge in [-0.2, -0.15) is 0 Å². The van der Waals surface area contributed by atoms with E-state index < -0.39 is 5.97 Å². The van der Waals surface area contributed by atoms with Gasteiger partial charge < -0.3 is 10.4 Å². The number of carboxylic acids is 1. The number of carbonyl (C=O) groups is 1. The highest BCUT2D eigenvalue weighted by Gasteiger charge is 2.04. The summed E-state index contributed by atoms with van der Waals surface area (Å²) in [6, 6.07) is 0. The molecule has 0 bridgehead atoms. The first-order chi connectivity index (χ1) is 7.06. The van der Waals surface area contributed by atoms with Crippen molar-refractivity contribution in [2.75, 3.05) is 13.1 Å². The van der Waals surface area contributed by atoms with Crippen molar-refractivity contribution in [3.63, 3.8) is 0 Å². The molecule has 0 aromatic rings. The van der Waals surface area contributed by atoms with Gasteiger partial charge in [0.15, 0.2) is 0 Å². The number of rotatable bonds is 8. The van der Waals surface area contributed by atoms with Crippen LogP contribution < -0.4 is 5.32 Å². The first-order valence-corrected chi connectivity index (χ1v) is 5.75. The third-order valence-electron chi connectivity index (χ3n) is 2.08. The van der Waals surface area contributed by atoms with Crippen LogP contribution in [0, 0.1) is 5.92 Å². The van der Waals surface area contributed by atoms with Gasteiger partial charge in [-0.15, -0.1) is 0 Å². The molecule has 0 aliphatic heterocycles. The zero-order valence-corrected chi connectivity index (χ0v) is 10.3. The molecule has 1 atom stereocenters. The highest BCUT2D eigenvalue weighted by molar-refractivity contribution is 6.36. The first-order valence-electron chi connectivity index (χ1n) is 4.93. The Morgan fingerprint density at radius 1 is 1.53 bits per heavy atom. The van der Waals surface area contributed by atoms with Gasteiger partial charge in [0.1, 0.15) is 0 Å². The number of aliphatic carboxylic acids is 1. The lowest BCUT2D eigenvalue weighted by Crippen LogP contribution is -2.19. The zero-order valence-electron chi connectivity index (χ0n) is 8.80. The third kappa shape index (κ3) is 10.0. The SMILES string of the molecule is CC(CCNCC(Cl)=CCl)CCC(=O)O. The summed E-state index contributed by atoms with van der Waals surface area (Å²) in [6.45, 7) is 3.43. The lowest BCUT2D eigenvalue weighted by atomic mass is 10.0. The van der Waals surface area contributed by atoms with Crippen molar-refractivity contribution in [3.8, 4) is 0 Å². The second-order valence-electron chi connectivity index (χ2n) is 3.56. The maximum Gasteiger partial charge on any atom is 0.303 e. The predicted molar refractivity (Wildman–Crippen MR) is 63.3 cm³/mol. The van der Waals surface area contributed by atoms with Crippen LogP contribution in [0.15, 0.2) is 10.6 Å². The van der Waals surface area contributed by atoms with Crippen LogP contribution in [-0.4, -0.2) is 24.2 Å². The molecule has 0 aromatic carbocycles. The number of carboxylic acid groups (broad SMARTS) is 1.